The van der Waals surface area contributed by atoms with E-state index in [0.29, 0.717) is 11.5 Å². The summed E-state index contributed by atoms with van der Waals surface area (Å²) in [5.41, 5.74) is 1.79. The number of hydrogen-bond donors (Lipinski definition) is 0. The number of thiophene rings is 1. The van der Waals surface area contributed by atoms with Gasteiger partial charge in [-0.25, -0.2) is 9.78 Å². The van der Waals surface area contributed by atoms with Gasteiger partial charge in [0.05, 0.1) is 20.0 Å². The molecule has 2 rings (SSSR count). The van der Waals surface area contributed by atoms with E-state index in [-0.39, 0.29) is 5.97 Å². The second-order valence-corrected chi connectivity index (χ2v) is 5.50. The number of ether oxygens (including phenoxy) is 2. The number of nitrogens with zero attached hydrogens (tertiary/aromatic N) is 2. The highest BCUT2D eigenvalue weighted by Gasteiger charge is 2.20. The van der Waals surface area contributed by atoms with Gasteiger partial charge in [-0.15, -0.1) is 11.3 Å². The Hall–Kier alpha value is -2.08. The van der Waals surface area contributed by atoms with Crippen molar-refractivity contribution in [2.75, 3.05) is 32.7 Å². The summed E-state index contributed by atoms with van der Waals surface area (Å²) in [5.74, 6) is -0.362. The van der Waals surface area contributed by atoms with Crippen molar-refractivity contribution in [1.82, 2.24) is 4.98 Å². The maximum atomic E-state index is 12.0. The molecule has 21 heavy (non-hydrogen) atoms. The van der Waals surface area contributed by atoms with Gasteiger partial charge in [-0.2, -0.15) is 0 Å². The molecule has 2 aromatic rings. The van der Waals surface area contributed by atoms with E-state index in [1.807, 2.05) is 32.0 Å². The van der Waals surface area contributed by atoms with Gasteiger partial charge in [-0.05, 0) is 19.1 Å². The van der Waals surface area contributed by atoms with Crippen LogP contribution in [0.2, 0.25) is 0 Å². The van der Waals surface area contributed by atoms with Gasteiger partial charge in [0, 0.05) is 36.9 Å². The van der Waals surface area contributed by atoms with E-state index >= 15 is 0 Å². The molecule has 0 fully saturated rings. The smallest absolute Gasteiger partial charge is 0.348 e. The van der Waals surface area contributed by atoms with Crippen LogP contribution in [0, 0.1) is 0 Å². The Morgan fingerprint density at radius 2 is 2.24 bits per heavy atom. The van der Waals surface area contributed by atoms with Crippen LogP contribution in [0.25, 0.3) is 16.3 Å². The molecule has 0 aliphatic carbocycles. The van der Waals surface area contributed by atoms with Gasteiger partial charge in [-0.1, -0.05) is 0 Å². The van der Waals surface area contributed by atoms with E-state index in [4.69, 9.17) is 9.47 Å². The molecule has 6 heteroatoms. The van der Waals surface area contributed by atoms with Crippen molar-refractivity contribution < 1.29 is 14.3 Å². The summed E-state index contributed by atoms with van der Waals surface area (Å²) < 4.78 is 10.1. The average molecular weight is 306 g/mol. The minimum atomic E-state index is -0.362. The first-order valence-electron chi connectivity index (χ1n) is 6.55. The number of pyridine rings is 1. The molecule has 0 N–H and O–H groups in total. The first-order valence-corrected chi connectivity index (χ1v) is 7.37. The number of esters is 1. The van der Waals surface area contributed by atoms with Gasteiger partial charge in [0.25, 0.3) is 0 Å². The third-order valence-corrected chi connectivity index (χ3v) is 4.05. The molecule has 0 aromatic carbocycles. The third kappa shape index (κ3) is 3.00. The lowest BCUT2D eigenvalue weighted by molar-refractivity contribution is 0.0606. The van der Waals surface area contributed by atoms with Crippen LogP contribution in [0.4, 0.5) is 5.69 Å². The van der Waals surface area contributed by atoms with Crippen molar-refractivity contribution in [3.8, 4) is 0 Å². The minimum absolute atomic E-state index is 0.362. The molecule has 0 bridgehead atoms. The highest BCUT2D eigenvalue weighted by Crippen LogP contribution is 2.37. The Bertz CT molecular complexity index is 677. The van der Waals surface area contributed by atoms with Crippen LogP contribution < -0.4 is 4.90 Å². The van der Waals surface area contributed by atoms with E-state index in [0.717, 1.165) is 21.5 Å². The van der Waals surface area contributed by atoms with Gasteiger partial charge in [0.15, 0.2) is 0 Å². The Morgan fingerprint density at radius 3 is 2.86 bits per heavy atom. The molecule has 0 aliphatic rings. The lowest BCUT2D eigenvalue weighted by Gasteiger charge is -2.14. The first kappa shape index (κ1) is 15.3. The van der Waals surface area contributed by atoms with E-state index < -0.39 is 0 Å². The van der Waals surface area contributed by atoms with Crippen LogP contribution in [0.5, 0.6) is 0 Å². The van der Waals surface area contributed by atoms with Gasteiger partial charge >= 0.3 is 5.97 Å². The van der Waals surface area contributed by atoms with E-state index in [2.05, 4.69) is 4.98 Å². The highest BCUT2D eigenvalue weighted by atomic mass is 32.1. The fraction of sp³-hybridized carbons (Fsp3) is 0.333. The second kappa shape index (κ2) is 6.58. The van der Waals surface area contributed by atoms with Gasteiger partial charge in [0.2, 0.25) is 0 Å². The molecular formula is C15H18N2O3S. The van der Waals surface area contributed by atoms with Crippen molar-refractivity contribution in [3.63, 3.8) is 0 Å². The number of hydrogen-bond acceptors (Lipinski definition) is 6. The largest absolute Gasteiger partial charge is 0.501 e. The summed E-state index contributed by atoms with van der Waals surface area (Å²) >= 11 is 1.33. The summed E-state index contributed by atoms with van der Waals surface area (Å²) in [6, 6.07) is 1.92. The summed E-state index contributed by atoms with van der Waals surface area (Å²) in [6.07, 6.45) is 5.13. The Balaban J connectivity index is 2.70. The van der Waals surface area contributed by atoms with E-state index in [1.54, 1.807) is 18.5 Å². The first-order chi connectivity index (χ1) is 10.1. The van der Waals surface area contributed by atoms with Crippen LogP contribution >= 0.6 is 11.3 Å². The van der Waals surface area contributed by atoms with Crippen LogP contribution in [0.15, 0.2) is 18.5 Å². The number of methoxy groups -OCH3 is 1. The van der Waals surface area contributed by atoms with Crippen molar-refractivity contribution in [1.29, 1.82) is 0 Å². The minimum Gasteiger partial charge on any atom is -0.501 e. The second-order valence-electron chi connectivity index (χ2n) is 4.50. The number of anilines is 1. The fourth-order valence-electron chi connectivity index (χ4n) is 2.02. The Morgan fingerprint density at radius 1 is 1.48 bits per heavy atom. The van der Waals surface area contributed by atoms with Crippen molar-refractivity contribution in [2.24, 2.45) is 0 Å². The summed E-state index contributed by atoms with van der Waals surface area (Å²) in [7, 11) is 5.30. The van der Waals surface area contributed by atoms with Crippen LogP contribution in [0.3, 0.4) is 0 Å². The van der Waals surface area contributed by atoms with Crippen LogP contribution in [-0.2, 0) is 9.47 Å². The maximum absolute atomic E-state index is 12.0. The number of carbonyl (C=O) groups excluding carboxylic acids is 1. The number of rotatable bonds is 5. The normalized spacial score (nSPS) is 11.0. The summed E-state index contributed by atoms with van der Waals surface area (Å²) in [6.45, 7) is 2.48. The highest BCUT2D eigenvalue weighted by molar-refractivity contribution is 7.20. The molecule has 0 atom stereocenters. The lowest BCUT2D eigenvalue weighted by atomic mass is 10.1. The van der Waals surface area contributed by atoms with Gasteiger partial charge in [0.1, 0.15) is 9.71 Å². The summed E-state index contributed by atoms with van der Waals surface area (Å²) in [4.78, 5) is 19.7. The third-order valence-electron chi connectivity index (χ3n) is 2.96. The van der Waals surface area contributed by atoms with Crippen molar-refractivity contribution >= 4 is 39.3 Å². The Labute approximate surface area is 127 Å². The number of fused-ring (bicyclic) bond motifs is 1. The fourth-order valence-corrected chi connectivity index (χ4v) is 3.09. The number of aromatic nitrogens is 1. The van der Waals surface area contributed by atoms with Crippen molar-refractivity contribution in [2.45, 2.75) is 6.92 Å². The molecule has 0 aliphatic heterocycles. The lowest BCUT2D eigenvalue weighted by Crippen LogP contribution is -2.09. The molecule has 0 saturated heterocycles. The van der Waals surface area contributed by atoms with E-state index in [9.17, 15) is 4.79 Å². The average Bonchev–Trinajstić information content (AvgIpc) is 2.85. The molecule has 0 unspecified atom stereocenters. The molecular weight excluding hydrogens is 288 g/mol. The Kier molecular flexibility index (Phi) is 4.80. The zero-order chi connectivity index (χ0) is 15.4. The molecule has 0 radical (unpaired) electrons. The molecule has 5 nitrogen and oxygen atoms in total. The molecule has 2 heterocycles. The predicted octanol–water partition coefficient (Wildman–Crippen LogP) is 3.16. The molecule has 112 valence electrons. The predicted molar refractivity (Wildman–Crippen MR) is 85.9 cm³/mol. The number of carbonyl (C=O) groups is 1. The van der Waals surface area contributed by atoms with Crippen LogP contribution in [0.1, 0.15) is 22.2 Å². The summed E-state index contributed by atoms with van der Waals surface area (Å²) in [5, 5.41) is 0.934. The monoisotopic (exact) mass is 306 g/mol. The molecule has 0 amide bonds. The molecule has 0 spiro atoms. The van der Waals surface area contributed by atoms with Crippen LogP contribution in [-0.4, -0.2) is 38.8 Å². The van der Waals surface area contributed by atoms with Gasteiger partial charge < -0.3 is 14.4 Å². The standard InChI is InChI=1S/C15H18N2O3S/c1-5-20-9-7-10-12-11(17(2)3)6-8-16-14(12)21-13(10)15(18)19-4/h6-9H,5H2,1-4H3. The zero-order valence-corrected chi connectivity index (χ0v) is 13.4. The molecule has 2 aromatic heterocycles. The molecule has 0 saturated carbocycles. The maximum Gasteiger partial charge on any atom is 0.348 e. The van der Waals surface area contributed by atoms with Crippen molar-refractivity contribution in [3.05, 3.63) is 29.0 Å². The van der Waals surface area contributed by atoms with Gasteiger partial charge in [-0.3, -0.25) is 0 Å². The quantitative estimate of drug-likeness (QED) is 0.627. The van der Waals surface area contributed by atoms with E-state index in [1.165, 1.54) is 18.4 Å². The zero-order valence-electron chi connectivity index (χ0n) is 12.5. The topological polar surface area (TPSA) is 51.7 Å². The SMILES string of the molecule is CCOC=Cc1c(C(=O)OC)sc2nccc(N(C)C)c12.